The summed E-state index contributed by atoms with van der Waals surface area (Å²) in [5.74, 6) is 1.21. The molecule has 2 heterocycles. The lowest BCUT2D eigenvalue weighted by atomic mass is 10.2. The number of ether oxygens (including phenoxy) is 1. The van der Waals surface area contributed by atoms with Crippen LogP contribution in [-0.2, 0) is 9.53 Å². The van der Waals surface area contributed by atoms with Crippen LogP contribution in [0.25, 0.3) is 0 Å². The number of carbonyl (C=O) groups excluding carboxylic acids is 1. The van der Waals surface area contributed by atoms with E-state index in [1.54, 1.807) is 0 Å². The van der Waals surface area contributed by atoms with E-state index >= 15 is 0 Å². The fourth-order valence-corrected chi connectivity index (χ4v) is 3.84. The molecule has 21 heavy (non-hydrogen) atoms. The van der Waals surface area contributed by atoms with Gasteiger partial charge in [-0.2, -0.15) is 0 Å². The van der Waals surface area contributed by atoms with Crippen molar-refractivity contribution in [3.63, 3.8) is 0 Å². The maximum absolute atomic E-state index is 12.2. The zero-order valence-electron chi connectivity index (χ0n) is 12.2. The Morgan fingerprint density at radius 1 is 1.38 bits per heavy atom. The molecule has 0 spiro atoms. The van der Waals surface area contributed by atoms with Crippen LogP contribution in [0.5, 0.6) is 0 Å². The molecule has 1 unspecified atom stereocenters. The fourth-order valence-electron chi connectivity index (χ4n) is 2.82. The molecule has 2 aliphatic rings. The molecule has 3 rings (SSSR count). The van der Waals surface area contributed by atoms with Crippen molar-refractivity contribution in [2.45, 2.75) is 30.3 Å². The Kier molecular flexibility index (Phi) is 5.04. The number of carbonyl (C=O) groups is 1. The highest BCUT2D eigenvalue weighted by molar-refractivity contribution is 7.99. The molecule has 0 bridgehead atoms. The van der Waals surface area contributed by atoms with Gasteiger partial charge in [0.05, 0.1) is 18.3 Å². The second-order valence-electron chi connectivity index (χ2n) is 5.53. The predicted octanol–water partition coefficient (Wildman–Crippen LogP) is 2.28. The largest absolute Gasteiger partial charge is 0.376 e. The molecular weight excluding hydrogens is 284 g/mol. The highest BCUT2D eigenvalue weighted by atomic mass is 32.2. The average Bonchev–Trinajstić information content (AvgIpc) is 2.94. The molecule has 0 aromatic heterocycles. The van der Waals surface area contributed by atoms with Gasteiger partial charge in [-0.15, -0.1) is 11.8 Å². The first kappa shape index (κ1) is 14.7. The van der Waals surface area contributed by atoms with Crippen molar-refractivity contribution in [2.75, 3.05) is 36.9 Å². The highest BCUT2D eigenvalue weighted by Gasteiger charge is 2.19. The van der Waals surface area contributed by atoms with Gasteiger partial charge in [-0.05, 0) is 37.1 Å². The summed E-state index contributed by atoms with van der Waals surface area (Å²) in [5.41, 5.74) is 1.19. The monoisotopic (exact) mass is 306 g/mol. The predicted molar refractivity (Wildman–Crippen MR) is 86.0 cm³/mol. The van der Waals surface area contributed by atoms with Gasteiger partial charge >= 0.3 is 0 Å². The van der Waals surface area contributed by atoms with E-state index < -0.39 is 0 Å². The molecule has 0 radical (unpaired) electrons. The van der Waals surface area contributed by atoms with Gasteiger partial charge in [0, 0.05) is 24.6 Å². The quantitative estimate of drug-likeness (QED) is 0.927. The molecule has 1 fully saturated rings. The second-order valence-corrected chi connectivity index (χ2v) is 6.67. The number of fused-ring (bicyclic) bond motifs is 1. The molecular formula is C16H22N2O2S. The molecule has 2 aliphatic heterocycles. The Hall–Kier alpha value is -1.20. The third-order valence-corrected chi connectivity index (χ3v) is 5.07. The van der Waals surface area contributed by atoms with Gasteiger partial charge in [-0.1, -0.05) is 12.1 Å². The van der Waals surface area contributed by atoms with Gasteiger partial charge < -0.3 is 15.0 Å². The van der Waals surface area contributed by atoms with E-state index in [2.05, 4.69) is 28.4 Å². The van der Waals surface area contributed by atoms with Crippen LogP contribution in [0.4, 0.5) is 5.69 Å². The van der Waals surface area contributed by atoms with E-state index in [9.17, 15) is 4.79 Å². The third kappa shape index (κ3) is 3.92. The lowest BCUT2D eigenvalue weighted by molar-refractivity contribution is -0.120. The molecule has 4 nitrogen and oxygen atoms in total. The first-order valence-corrected chi connectivity index (χ1v) is 8.66. The van der Waals surface area contributed by atoms with Crippen molar-refractivity contribution in [3.05, 3.63) is 24.3 Å². The highest BCUT2D eigenvalue weighted by Crippen LogP contribution is 2.33. The Labute approximate surface area is 130 Å². The number of anilines is 1. The number of para-hydroxylation sites is 1. The van der Waals surface area contributed by atoms with E-state index in [4.69, 9.17) is 4.74 Å². The molecule has 0 saturated carbocycles. The number of nitrogens with zero attached hydrogens (tertiary/aromatic N) is 1. The molecule has 1 N–H and O–H groups in total. The van der Waals surface area contributed by atoms with E-state index in [1.807, 2.05) is 17.8 Å². The minimum atomic E-state index is 0.0900. The fraction of sp³-hybridized carbons (Fsp3) is 0.562. The molecule has 1 aromatic carbocycles. The van der Waals surface area contributed by atoms with E-state index in [1.165, 1.54) is 10.6 Å². The summed E-state index contributed by atoms with van der Waals surface area (Å²) in [7, 11) is 0. The van der Waals surface area contributed by atoms with Crippen LogP contribution in [0.2, 0.25) is 0 Å². The van der Waals surface area contributed by atoms with Crippen molar-refractivity contribution < 1.29 is 9.53 Å². The maximum Gasteiger partial charge on any atom is 0.239 e. The minimum Gasteiger partial charge on any atom is -0.376 e. The SMILES string of the molecule is O=C(CN1CCCSc2ccccc21)NCC1CCCO1. The Morgan fingerprint density at radius 3 is 3.14 bits per heavy atom. The summed E-state index contributed by atoms with van der Waals surface area (Å²) < 4.78 is 5.54. The molecule has 1 aromatic rings. The summed E-state index contributed by atoms with van der Waals surface area (Å²) >= 11 is 1.88. The molecule has 1 atom stereocenters. The lowest BCUT2D eigenvalue weighted by Crippen LogP contribution is -2.40. The molecule has 1 amide bonds. The first-order chi connectivity index (χ1) is 10.3. The summed E-state index contributed by atoms with van der Waals surface area (Å²) in [5, 5.41) is 3.01. The molecule has 114 valence electrons. The Balaban J connectivity index is 1.57. The van der Waals surface area contributed by atoms with Gasteiger partial charge in [-0.25, -0.2) is 0 Å². The van der Waals surface area contributed by atoms with Gasteiger partial charge in [0.15, 0.2) is 0 Å². The van der Waals surface area contributed by atoms with E-state index in [0.29, 0.717) is 13.1 Å². The maximum atomic E-state index is 12.2. The summed E-state index contributed by atoms with van der Waals surface area (Å²) in [6, 6.07) is 8.36. The van der Waals surface area contributed by atoms with E-state index in [0.717, 1.165) is 38.2 Å². The van der Waals surface area contributed by atoms with Crippen LogP contribution < -0.4 is 10.2 Å². The van der Waals surface area contributed by atoms with Crippen molar-refractivity contribution in [3.8, 4) is 0 Å². The summed E-state index contributed by atoms with van der Waals surface area (Å²) in [6.45, 7) is 2.85. The van der Waals surface area contributed by atoms with Crippen molar-refractivity contribution >= 4 is 23.4 Å². The lowest BCUT2D eigenvalue weighted by Gasteiger charge is -2.24. The van der Waals surface area contributed by atoms with Crippen LogP contribution >= 0.6 is 11.8 Å². The second kappa shape index (κ2) is 7.18. The van der Waals surface area contributed by atoms with Gasteiger partial charge in [0.2, 0.25) is 5.91 Å². The number of rotatable bonds is 4. The summed E-state index contributed by atoms with van der Waals surface area (Å²) in [6.07, 6.45) is 3.49. The number of hydrogen-bond donors (Lipinski definition) is 1. The smallest absolute Gasteiger partial charge is 0.239 e. The topological polar surface area (TPSA) is 41.6 Å². The number of nitrogens with one attached hydrogen (secondary N) is 1. The number of hydrogen-bond acceptors (Lipinski definition) is 4. The molecule has 1 saturated heterocycles. The van der Waals surface area contributed by atoms with Crippen LogP contribution in [-0.4, -0.2) is 44.0 Å². The first-order valence-electron chi connectivity index (χ1n) is 7.68. The van der Waals surface area contributed by atoms with Gasteiger partial charge in [0.1, 0.15) is 0 Å². The third-order valence-electron chi connectivity index (χ3n) is 3.92. The van der Waals surface area contributed by atoms with Gasteiger partial charge in [0.25, 0.3) is 0 Å². The van der Waals surface area contributed by atoms with Crippen molar-refractivity contribution in [1.29, 1.82) is 0 Å². The number of benzene rings is 1. The van der Waals surface area contributed by atoms with Gasteiger partial charge in [-0.3, -0.25) is 4.79 Å². The van der Waals surface area contributed by atoms with Crippen LogP contribution in [0.3, 0.4) is 0 Å². The normalized spacial score (nSPS) is 21.7. The van der Waals surface area contributed by atoms with Crippen LogP contribution in [0.1, 0.15) is 19.3 Å². The van der Waals surface area contributed by atoms with Crippen molar-refractivity contribution in [1.82, 2.24) is 5.32 Å². The minimum absolute atomic E-state index is 0.0900. The van der Waals surface area contributed by atoms with Crippen molar-refractivity contribution in [2.24, 2.45) is 0 Å². The molecule has 5 heteroatoms. The molecule has 0 aliphatic carbocycles. The van der Waals surface area contributed by atoms with Crippen LogP contribution in [0, 0.1) is 0 Å². The Bertz CT molecular complexity index is 489. The average molecular weight is 306 g/mol. The van der Waals surface area contributed by atoms with Crippen LogP contribution in [0.15, 0.2) is 29.2 Å². The standard InChI is InChI=1S/C16H22N2O2S/c19-16(17-11-13-5-3-9-20-13)12-18-8-4-10-21-15-7-2-1-6-14(15)18/h1-2,6-7,13H,3-5,8-12H2,(H,17,19). The number of amides is 1. The Morgan fingerprint density at radius 2 is 2.29 bits per heavy atom. The summed E-state index contributed by atoms with van der Waals surface area (Å²) in [4.78, 5) is 15.6. The zero-order valence-corrected chi connectivity index (χ0v) is 13.0. The van der Waals surface area contributed by atoms with E-state index in [-0.39, 0.29) is 12.0 Å². The number of thioether (sulfide) groups is 1. The zero-order chi connectivity index (χ0) is 14.5.